The summed E-state index contributed by atoms with van der Waals surface area (Å²) in [6.45, 7) is 0.455. The molecular weight excluding hydrogens is 318 g/mol. The van der Waals surface area contributed by atoms with Crippen LogP contribution < -0.4 is 11.5 Å². The molecule has 0 saturated carbocycles. The molecule has 4 aromatic rings. The fraction of sp³-hybridized carbons (Fsp3) is 0.0870. The summed E-state index contributed by atoms with van der Waals surface area (Å²) in [6.07, 6.45) is 0. The summed E-state index contributed by atoms with van der Waals surface area (Å²) in [5.41, 5.74) is 14.5. The van der Waals surface area contributed by atoms with Crippen LogP contribution in [0.2, 0.25) is 0 Å². The highest BCUT2D eigenvalue weighted by Crippen LogP contribution is 2.20. The molecule has 0 aliphatic carbocycles. The van der Waals surface area contributed by atoms with Gasteiger partial charge in [0.25, 0.3) is 0 Å². The number of nitrogens with zero attached hydrogens (tertiary/aromatic N) is 1. The number of hydrogen-bond donors (Lipinski definition) is 2. The second kappa shape index (κ2) is 6.98. The van der Waals surface area contributed by atoms with Gasteiger partial charge in [-0.25, -0.2) is 0 Å². The van der Waals surface area contributed by atoms with Gasteiger partial charge in [-0.2, -0.15) is 0 Å². The fourth-order valence-corrected chi connectivity index (χ4v) is 3.18. The van der Waals surface area contributed by atoms with Gasteiger partial charge in [-0.05, 0) is 39.2 Å². The normalized spacial score (nSPS) is 13.2. The van der Waals surface area contributed by atoms with Crippen molar-refractivity contribution in [1.29, 1.82) is 0 Å². The van der Waals surface area contributed by atoms with E-state index in [0.717, 1.165) is 16.5 Å². The van der Waals surface area contributed by atoms with E-state index in [4.69, 9.17) is 11.5 Å². The fourth-order valence-electron chi connectivity index (χ4n) is 3.18. The van der Waals surface area contributed by atoms with E-state index in [1.165, 1.54) is 16.2 Å². The Labute approximate surface area is 153 Å². The molecule has 0 heterocycles. The highest BCUT2D eigenvalue weighted by Gasteiger charge is 2.07. The lowest BCUT2D eigenvalue weighted by Crippen LogP contribution is -2.19. The van der Waals surface area contributed by atoms with E-state index in [1.807, 2.05) is 30.3 Å². The van der Waals surface area contributed by atoms with Crippen LogP contribution in [0.4, 0.5) is 0 Å². The van der Waals surface area contributed by atoms with Gasteiger partial charge in [0.05, 0.1) is 6.54 Å². The molecule has 4 N–H and O–H groups in total. The van der Waals surface area contributed by atoms with Crippen molar-refractivity contribution < 1.29 is 0 Å². The van der Waals surface area contributed by atoms with Crippen LogP contribution in [0, 0.1) is 0 Å². The number of rotatable bonds is 4. The molecular formula is C23H21N3. The quantitative estimate of drug-likeness (QED) is 0.427. The molecule has 26 heavy (non-hydrogen) atoms. The van der Waals surface area contributed by atoms with Crippen molar-refractivity contribution >= 4 is 27.4 Å². The SMILES string of the molecule is NC(=NCC(N)c1ccc2ccccc2c1)c1ccc2ccccc2c1. The summed E-state index contributed by atoms with van der Waals surface area (Å²) in [6, 6.07) is 28.7. The monoisotopic (exact) mass is 339 g/mol. The summed E-state index contributed by atoms with van der Waals surface area (Å²) >= 11 is 0. The second-order valence-corrected chi connectivity index (χ2v) is 6.50. The molecule has 0 aliphatic rings. The van der Waals surface area contributed by atoms with Crippen LogP contribution in [0.3, 0.4) is 0 Å². The Hall–Kier alpha value is -3.17. The van der Waals surface area contributed by atoms with Gasteiger partial charge in [0.2, 0.25) is 0 Å². The van der Waals surface area contributed by atoms with Crippen molar-refractivity contribution in [3.8, 4) is 0 Å². The van der Waals surface area contributed by atoms with Crippen molar-refractivity contribution in [3.63, 3.8) is 0 Å². The lowest BCUT2D eigenvalue weighted by atomic mass is 10.0. The average molecular weight is 339 g/mol. The molecule has 0 bridgehead atoms. The van der Waals surface area contributed by atoms with Gasteiger partial charge in [-0.1, -0.05) is 72.8 Å². The highest BCUT2D eigenvalue weighted by atomic mass is 14.9. The van der Waals surface area contributed by atoms with Gasteiger partial charge < -0.3 is 11.5 Å². The van der Waals surface area contributed by atoms with E-state index in [-0.39, 0.29) is 6.04 Å². The first-order chi connectivity index (χ1) is 12.7. The second-order valence-electron chi connectivity index (χ2n) is 6.50. The maximum absolute atomic E-state index is 6.34. The summed E-state index contributed by atoms with van der Waals surface area (Å²) in [7, 11) is 0. The van der Waals surface area contributed by atoms with Crippen molar-refractivity contribution in [2.45, 2.75) is 6.04 Å². The van der Waals surface area contributed by atoms with E-state index in [0.29, 0.717) is 12.4 Å². The van der Waals surface area contributed by atoms with E-state index < -0.39 is 0 Å². The maximum Gasteiger partial charge on any atom is 0.125 e. The van der Waals surface area contributed by atoms with E-state index in [9.17, 15) is 0 Å². The van der Waals surface area contributed by atoms with Crippen LogP contribution in [-0.4, -0.2) is 12.4 Å². The Kier molecular flexibility index (Phi) is 4.38. The molecule has 0 aliphatic heterocycles. The standard InChI is InChI=1S/C23H21N3/c24-22(20-11-9-16-5-1-3-7-18(16)13-20)15-26-23(25)21-12-10-17-6-2-4-8-19(17)14-21/h1-14,22H,15,24H2,(H2,25,26). The topological polar surface area (TPSA) is 64.4 Å². The molecule has 0 fully saturated rings. The van der Waals surface area contributed by atoms with Crippen LogP contribution in [0.5, 0.6) is 0 Å². The van der Waals surface area contributed by atoms with Crippen LogP contribution in [0.25, 0.3) is 21.5 Å². The van der Waals surface area contributed by atoms with Crippen molar-refractivity contribution in [2.75, 3.05) is 6.54 Å². The van der Waals surface area contributed by atoms with Crippen molar-refractivity contribution in [2.24, 2.45) is 16.5 Å². The van der Waals surface area contributed by atoms with Gasteiger partial charge in [0.1, 0.15) is 5.84 Å². The van der Waals surface area contributed by atoms with Crippen LogP contribution in [-0.2, 0) is 0 Å². The molecule has 0 aromatic heterocycles. The van der Waals surface area contributed by atoms with Gasteiger partial charge >= 0.3 is 0 Å². The predicted octanol–water partition coefficient (Wildman–Crippen LogP) is 4.40. The summed E-state index contributed by atoms with van der Waals surface area (Å²) in [4.78, 5) is 4.53. The molecule has 4 aromatic carbocycles. The van der Waals surface area contributed by atoms with Gasteiger partial charge in [-0.3, -0.25) is 4.99 Å². The van der Waals surface area contributed by atoms with E-state index in [1.54, 1.807) is 0 Å². The average Bonchev–Trinajstić information content (AvgIpc) is 2.71. The Morgan fingerprint density at radius 1 is 0.731 bits per heavy atom. The molecule has 0 spiro atoms. The lowest BCUT2D eigenvalue weighted by molar-refractivity contribution is 0.739. The van der Waals surface area contributed by atoms with Crippen molar-refractivity contribution in [3.05, 3.63) is 96.1 Å². The van der Waals surface area contributed by atoms with Crippen LogP contribution in [0.1, 0.15) is 17.2 Å². The third-order valence-corrected chi connectivity index (χ3v) is 4.71. The predicted molar refractivity (Wildman–Crippen MR) is 110 cm³/mol. The van der Waals surface area contributed by atoms with Gasteiger partial charge in [-0.15, -0.1) is 0 Å². The molecule has 0 radical (unpaired) electrons. The molecule has 128 valence electrons. The number of fused-ring (bicyclic) bond motifs is 2. The first-order valence-electron chi connectivity index (χ1n) is 8.74. The van der Waals surface area contributed by atoms with Crippen LogP contribution >= 0.6 is 0 Å². The van der Waals surface area contributed by atoms with Crippen molar-refractivity contribution in [1.82, 2.24) is 0 Å². The first kappa shape index (κ1) is 16.3. The Morgan fingerprint density at radius 3 is 2.00 bits per heavy atom. The molecule has 1 unspecified atom stereocenters. The molecule has 3 heteroatoms. The minimum Gasteiger partial charge on any atom is -0.384 e. The number of amidine groups is 1. The Bertz CT molecular complexity index is 1100. The highest BCUT2D eigenvalue weighted by molar-refractivity contribution is 6.01. The summed E-state index contributed by atoms with van der Waals surface area (Å²) in [5, 5.41) is 4.74. The zero-order valence-electron chi connectivity index (χ0n) is 14.5. The zero-order chi connectivity index (χ0) is 17.9. The smallest absolute Gasteiger partial charge is 0.125 e. The minimum absolute atomic E-state index is 0.182. The van der Waals surface area contributed by atoms with E-state index in [2.05, 4.69) is 59.6 Å². The van der Waals surface area contributed by atoms with Gasteiger partial charge in [0.15, 0.2) is 0 Å². The maximum atomic E-state index is 6.34. The molecule has 0 saturated heterocycles. The third-order valence-electron chi connectivity index (χ3n) is 4.71. The summed E-state index contributed by atoms with van der Waals surface area (Å²) < 4.78 is 0. The van der Waals surface area contributed by atoms with Crippen LogP contribution in [0.15, 0.2) is 89.9 Å². The number of nitrogens with two attached hydrogens (primary N) is 2. The number of benzene rings is 4. The molecule has 4 rings (SSSR count). The Morgan fingerprint density at radius 2 is 1.31 bits per heavy atom. The Balaban J connectivity index is 1.54. The number of hydrogen-bond acceptors (Lipinski definition) is 2. The van der Waals surface area contributed by atoms with Gasteiger partial charge in [0, 0.05) is 11.6 Å². The number of aliphatic imine (C=N–C) groups is 1. The zero-order valence-corrected chi connectivity index (χ0v) is 14.5. The largest absolute Gasteiger partial charge is 0.384 e. The van der Waals surface area contributed by atoms with E-state index >= 15 is 0 Å². The third kappa shape index (κ3) is 3.30. The molecule has 3 nitrogen and oxygen atoms in total. The minimum atomic E-state index is -0.182. The summed E-state index contributed by atoms with van der Waals surface area (Å²) in [5.74, 6) is 0.520. The first-order valence-corrected chi connectivity index (χ1v) is 8.74. The lowest BCUT2D eigenvalue weighted by Gasteiger charge is -2.11. The molecule has 1 atom stereocenters. The molecule has 0 amide bonds.